The highest BCUT2D eigenvalue weighted by Crippen LogP contribution is 2.21. The van der Waals surface area contributed by atoms with Gasteiger partial charge in [-0.3, -0.25) is 0 Å². The van der Waals surface area contributed by atoms with Gasteiger partial charge in [0.1, 0.15) is 0 Å². The molecule has 0 radical (unpaired) electrons. The van der Waals surface area contributed by atoms with Gasteiger partial charge in [0, 0.05) is 29.2 Å². The van der Waals surface area contributed by atoms with E-state index in [1.165, 1.54) is 11.2 Å². The van der Waals surface area contributed by atoms with Crippen LogP contribution < -0.4 is 17.3 Å². The van der Waals surface area contributed by atoms with Crippen LogP contribution in [0, 0.1) is 5.41 Å². The van der Waals surface area contributed by atoms with Crippen LogP contribution in [0.3, 0.4) is 0 Å². The Hall–Kier alpha value is -0.930. The first kappa shape index (κ1) is 14.1. The number of rotatable bonds is 5. The third-order valence-electron chi connectivity index (χ3n) is 2.11. The Morgan fingerprint density at radius 2 is 2.24 bits per heavy atom. The Morgan fingerprint density at radius 3 is 2.82 bits per heavy atom. The summed E-state index contributed by atoms with van der Waals surface area (Å²) in [5.74, 6) is 6.34. The molecule has 0 aliphatic heterocycles. The third-order valence-corrected chi connectivity index (χ3v) is 3.34. The smallest absolute Gasteiger partial charge is 0.0889 e. The van der Waals surface area contributed by atoms with E-state index in [0.29, 0.717) is 28.4 Å². The molecule has 0 saturated carbocycles. The van der Waals surface area contributed by atoms with Gasteiger partial charge in [0.05, 0.1) is 11.6 Å². The zero-order valence-electron chi connectivity index (χ0n) is 9.06. The van der Waals surface area contributed by atoms with Crippen LogP contribution in [0.15, 0.2) is 24.4 Å². The molecular formula is C10H14IN5S. The second-order valence-electron chi connectivity index (χ2n) is 3.29. The molecule has 92 valence electrons. The van der Waals surface area contributed by atoms with Crippen molar-refractivity contribution < 1.29 is 0 Å². The zero-order chi connectivity index (χ0) is 12.8. The van der Waals surface area contributed by atoms with E-state index in [2.05, 4.69) is 21.2 Å². The van der Waals surface area contributed by atoms with E-state index in [4.69, 9.17) is 22.7 Å². The van der Waals surface area contributed by atoms with E-state index in [0.717, 1.165) is 0 Å². The summed E-state index contributed by atoms with van der Waals surface area (Å²) in [6.07, 6.45) is 2.83. The van der Waals surface area contributed by atoms with Crippen molar-refractivity contribution in [2.75, 3.05) is 11.6 Å². The number of nitrogens with one attached hydrogen (secondary N) is 1. The van der Waals surface area contributed by atoms with Crippen LogP contribution in [0.4, 0.5) is 5.69 Å². The van der Waals surface area contributed by atoms with Crippen LogP contribution in [-0.2, 0) is 0 Å². The van der Waals surface area contributed by atoms with Crippen molar-refractivity contribution in [3.63, 3.8) is 0 Å². The molecule has 0 unspecified atom stereocenters. The van der Waals surface area contributed by atoms with E-state index in [9.17, 15) is 0 Å². The molecule has 1 rings (SSSR count). The first-order chi connectivity index (χ1) is 8.10. The highest BCUT2D eigenvalue weighted by Gasteiger charge is 2.06. The largest absolute Gasteiger partial charge is 0.398 e. The molecule has 0 spiro atoms. The summed E-state index contributed by atoms with van der Waals surface area (Å²) in [5.41, 5.74) is 14.1. The predicted octanol–water partition coefficient (Wildman–Crippen LogP) is 1.74. The minimum Gasteiger partial charge on any atom is -0.398 e. The normalized spacial score (nSPS) is 11.3. The third kappa shape index (κ3) is 3.79. The fraction of sp³-hybridized carbons (Fsp3) is 0.100. The first-order valence-electron chi connectivity index (χ1n) is 4.71. The Labute approximate surface area is 116 Å². The van der Waals surface area contributed by atoms with Crippen LogP contribution in [0.1, 0.15) is 11.1 Å². The number of para-hydroxylation sites is 1. The molecule has 5 nitrogen and oxygen atoms in total. The van der Waals surface area contributed by atoms with Gasteiger partial charge in [-0.15, -0.1) is 0 Å². The van der Waals surface area contributed by atoms with E-state index >= 15 is 0 Å². The molecule has 0 heterocycles. The Bertz CT molecular complexity index is 435. The lowest BCUT2D eigenvalue weighted by molar-refractivity contribution is 0.468. The first-order valence-corrected chi connectivity index (χ1v) is 8.24. The molecule has 0 aromatic heterocycles. The zero-order valence-corrected chi connectivity index (χ0v) is 12.0. The molecule has 0 bridgehead atoms. The average molecular weight is 363 g/mol. The quantitative estimate of drug-likeness (QED) is 0.159. The topological polar surface area (TPSA) is 105 Å². The number of hydrogen-bond acceptors (Lipinski definition) is 6. The SMILES string of the molecule is N=Cc1cccc(/C(N)=C/N(N)CSI)c1N. The summed E-state index contributed by atoms with van der Waals surface area (Å²) >= 11 is 2.15. The molecular weight excluding hydrogens is 349 g/mol. The van der Waals surface area contributed by atoms with E-state index in [1.807, 2.05) is 0 Å². The lowest BCUT2D eigenvalue weighted by Gasteiger charge is -2.14. The number of nitrogens with two attached hydrogens (primary N) is 3. The minimum absolute atomic E-state index is 0.485. The van der Waals surface area contributed by atoms with Crippen molar-refractivity contribution in [2.45, 2.75) is 0 Å². The van der Waals surface area contributed by atoms with Gasteiger partial charge < -0.3 is 21.9 Å². The fourth-order valence-electron chi connectivity index (χ4n) is 1.30. The molecule has 0 atom stereocenters. The molecule has 1 aromatic rings. The predicted molar refractivity (Wildman–Crippen MR) is 83.4 cm³/mol. The molecule has 17 heavy (non-hydrogen) atoms. The molecule has 7 N–H and O–H groups in total. The number of nitrogens with zero attached hydrogens (tertiary/aromatic N) is 1. The lowest BCUT2D eigenvalue weighted by atomic mass is 10.1. The monoisotopic (exact) mass is 363 g/mol. The minimum atomic E-state index is 0.485. The maximum absolute atomic E-state index is 7.22. The van der Waals surface area contributed by atoms with Gasteiger partial charge >= 0.3 is 0 Å². The lowest BCUT2D eigenvalue weighted by Crippen LogP contribution is -2.25. The summed E-state index contributed by atoms with van der Waals surface area (Å²) in [5, 5.41) is 8.71. The summed E-state index contributed by atoms with van der Waals surface area (Å²) in [7, 11) is 1.56. The Morgan fingerprint density at radius 1 is 1.53 bits per heavy atom. The molecule has 0 aliphatic carbocycles. The van der Waals surface area contributed by atoms with Crippen molar-refractivity contribution >= 4 is 47.7 Å². The van der Waals surface area contributed by atoms with Crippen molar-refractivity contribution in [1.29, 1.82) is 5.41 Å². The molecule has 0 fully saturated rings. The number of halogens is 1. The van der Waals surface area contributed by atoms with Crippen molar-refractivity contribution in [1.82, 2.24) is 5.01 Å². The summed E-state index contributed by atoms with van der Waals surface area (Å²) in [6, 6.07) is 5.37. The van der Waals surface area contributed by atoms with Gasteiger partial charge in [0.15, 0.2) is 0 Å². The van der Waals surface area contributed by atoms with E-state index in [-0.39, 0.29) is 0 Å². The molecule has 0 amide bonds. The molecule has 7 heteroatoms. The summed E-state index contributed by atoms with van der Waals surface area (Å²) in [4.78, 5) is 0. The second kappa shape index (κ2) is 6.72. The average Bonchev–Trinajstić information content (AvgIpc) is 2.29. The highest BCUT2D eigenvalue weighted by atomic mass is 127. The van der Waals surface area contributed by atoms with Gasteiger partial charge in [-0.25, -0.2) is 5.84 Å². The Balaban J connectivity index is 3.03. The van der Waals surface area contributed by atoms with Gasteiger partial charge in [0.2, 0.25) is 0 Å². The maximum Gasteiger partial charge on any atom is 0.0889 e. The highest BCUT2D eigenvalue weighted by molar-refractivity contribution is 14.2. The molecule has 0 aliphatic rings. The van der Waals surface area contributed by atoms with Gasteiger partial charge in [-0.05, 0) is 21.2 Å². The van der Waals surface area contributed by atoms with Crippen molar-refractivity contribution in [3.8, 4) is 0 Å². The van der Waals surface area contributed by atoms with Crippen LogP contribution >= 0.6 is 30.1 Å². The molecule has 0 saturated heterocycles. The van der Waals surface area contributed by atoms with Crippen LogP contribution in [-0.4, -0.2) is 17.1 Å². The van der Waals surface area contributed by atoms with E-state index in [1.54, 1.807) is 33.3 Å². The molecule has 1 aromatic carbocycles. The number of anilines is 1. The van der Waals surface area contributed by atoms with Gasteiger partial charge in [-0.2, -0.15) is 0 Å². The van der Waals surface area contributed by atoms with Gasteiger partial charge in [-0.1, -0.05) is 27.1 Å². The van der Waals surface area contributed by atoms with Crippen LogP contribution in [0.5, 0.6) is 0 Å². The van der Waals surface area contributed by atoms with Crippen LogP contribution in [0.25, 0.3) is 5.70 Å². The summed E-state index contributed by atoms with van der Waals surface area (Å²) in [6.45, 7) is 0. The summed E-state index contributed by atoms with van der Waals surface area (Å²) < 4.78 is 0. The van der Waals surface area contributed by atoms with Crippen LogP contribution in [0.2, 0.25) is 0 Å². The van der Waals surface area contributed by atoms with E-state index < -0.39 is 0 Å². The Kier molecular flexibility index (Phi) is 5.59. The van der Waals surface area contributed by atoms with Crippen molar-refractivity contribution in [2.24, 2.45) is 11.6 Å². The number of nitrogen functional groups attached to an aromatic ring is 1. The second-order valence-corrected chi connectivity index (χ2v) is 5.63. The number of hydrazine groups is 1. The standard InChI is InChI=1S/C10H14IN5S/c11-17-6-16(15)5-9(13)8-3-1-2-7(4-12)10(8)14/h1-5,12H,6,13-15H2/b9-5-,12-4?. The fourth-order valence-corrected chi connectivity index (χ4v) is 2.45. The van der Waals surface area contributed by atoms with Gasteiger partial charge in [0.25, 0.3) is 0 Å². The number of benzene rings is 1. The van der Waals surface area contributed by atoms with Crippen molar-refractivity contribution in [3.05, 3.63) is 35.5 Å². The maximum atomic E-state index is 7.22. The number of hydrogen-bond donors (Lipinski definition) is 4.